The van der Waals surface area contributed by atoms with E-state index in [1.165, 1.54) is 44.9 Å². The fourth-order valence-corrected chi connectivity index (χ4v) is 5.19. The Kier molecular flexibility index (Phi) is 6.81. The van der Waals surface area contributed by atoms with Gasteiger partial charge in [0.1, 0.15) is 0 Å². The van der Waals surface area contributed by atoms with Crippen LogP contribution in [0.25, 0.3) is 0 Å². The third-order valence-corrected chi connectivity index (χ3v) is 5.69. The van der Waals surface area contributed by atoms with E-state index in [0.29, 0.717) is 10.8 Å². The molecule has 1 aliphatic carbocycles. The summed E-state index contributed by atoms with van der Waals surface area (Å²) in [6.45, 7) is 19.9. The van der Waals surface area contributed by atoms with Crippen LogP contribution in [0.4, 0.5) is 0 Å². The molecule has 0 aromatic carbocycles. The average molecular weight is 295 g/mol. The Labute approximate surface area is 135 Å². The highest BCUT2D eigenvalue weighted by Crippen LogP contribution is 2.41. The lowest BCUT2D eigenvalue weighted by Gasteiger charge is -2.34. The van der Waals surface area contributed by atoms with E-state index in [-0.39, 0.29) is 0 Å². The summed E-state index contributed by atoms with van der Waals surface area (Å²) in [6.07, 6.45) is 9.85. The lowest BCUT2D eigenvalue weighted by molar-refractivity contribution is 0.175. The third kappa shape index (κ3) is 7.71. The second-order valence-electron chi connectivity index (χ2n) is 10.4. The number of hydrogen-bond donors (Lipinski definition) is 0. The predicted molar refractivity (Wildman–Crippen MR) is 96.5 cm³/mol. The van der Waals surface area contributed by atoms with Crippen LogP contribution in [0.5, 0.6) is 0 Å². The topological polar surface area (TPSA) is 0 Å². The molecule has 0 aromatic heterocycles. The van der Waals surface area contributed by atoms with Crippen molar-refractivity contribution in [2.75, 3.05) is 0 Å². The minimum Gasteiger partial charge on any atom is -0.0625 e. The standard InChI is InChI=1S/C21H42/c1-16-11-17(2)13-19(4)15-21(7,8)10-9-20(5,6)14-18(3)12-16/h16-19H,9-15H2,1-8H3. The largest absolute Gasteiger partial charge is 0.0625 e. The lowest BCUT2D eigenvalue weighted by Crippen LogP contribution is -2.22. The van der Waals surface area contributed by atoms with Crippen molar-refractivity contribution in [3.63, 3.8) is 0 Å². The molecular weight excluding hydrogens is 252 g/mol. The summed E-state index contributed by atoms with van der Waals surface area (Å²) in [4.78, 5) is 0. The third-order valence-electron chi connectivity index (χ3n) is 5.69. The first-order valence-electron chi connectivity index (χ1n) is 9.49. The van der Waals surface area contributed by atoms with Gasteiger partial charge in [0.25, 0.3) is 0 Å². The summed E-state index contributed by atoms with van der Waals surface area (Å²) in [5.41, 5.74) is 1.03. The zero-order valence-corrected chi connectivity index (χ0v) is 16.3. The van der Waals surface area contributed by atoms with E-state index < -0.39 is 0 Å². The van der Waals surface area contributed by atoms with E-state index in [1.54, 1.807) is 0 Å². The molecule has 4 atom stereocenters. The maximum atomic E-state index is 2.50. The van der Waals surface area contributed by atoms with E-state index in [9.17, 15) is 0 Å². The van der Waals surface area contributed by atoms with Gasteiger partial charge in [0, 0.05) is 0 Å². The zero-order chi connectivity index (χ0) is 16.3. The Bertz CT molecular complexity index is 269. The highest BCUT2D eigenvalue weighted by Gasteiger charge is 2.29. The molecule has 0 bridgehead atoms. The normalized spacial score (nSPS) is 38.9. The second-order valence-corrected chi connectivity index (χ2v) is 10.4. The second kappa shape index (κ2) is 7.51. The van der Waals surface area contributed by atoms with Crippen molar-refractivity contribution in [2.24, 2.45) is 34.5 Å². The monoisotopic (exact) mass is 294 g/mol. The molecule has 21 heavy (non-hydrogen) atoms. The van der Waals surface area contributed by atoms with Gasteiger partial charge in [0.05, 0.1) is 0 Å². The van der Waals surface area contributed by atoms with Crippen LogP contribution in [-0.2, 0) is 0 Å². The van der Waals surface area contributed by atoms with Gasteiger partial charge in [0.2, 0.25) is 0 Å². The first-order chi connectivity index (χ1) is 9.49. The molecule has 0 heteroatoms. The summed E-state index contributed by atoms with van der Waals surface area (Å²) in [5, 5.41) is 0. The highest BCUT2D eigenvalue weighted by atomic mass is 14.3. The Balaban J connectivity index is 2.80. The molecular formula is C21H42. The molecule has 0 N–H and O–H groups in total. The quantitative estimate of drug-likeness (QED) is 0.439. The van der Waals surface area contributed by atoms with E-state index in [0.717, 1.165) is 23.7 Å². The molecule has 0 saturated heterocycles. The smallest absolute Gasteiger partial charge is 0.0351 e. The molecule has 126 valence electrons. The maximum Gasteiger partial charge on any atom is -0.0351 e. The van der Waals surface area contributed by atoms with Crippen molar-refractivity contribution in [1.82, 2.24) is 0 Å². The molecule has 4 unspecified atom stereocenters. The fourth-order valence-electron chi connectivity index (χ4n) is 5.19. The van der Waals surface area contributed by atoms with E-state index >= 15 is 0 Å². The van der Waals surface area contributed by atoms with Gasteiger partial charge < -0.3 is 0 Å². The van der Waals surface area contributed by atoms with Gasteiger partial charge in [-0.05, 0) is 79.4 Å². The molecule has 1 saturated carbocycles. The zero-order valence-electron chi connectivity index (χ0n) is 16.3. The van der Waals surface area contributed by atoms with Gasteiger partial charge in [-0.25, -0.2) is 0 Å². The van der Waals surface area contributed by atoms with Crippen LogP contribution in [-0.4, -0.2) is 0 Å². The van der Waals surface area contributed by atoms with Crippen molar-refractivity contribution in [1.29, 1.82) is 0 Å². The lowest BCUT2D eigenvalue weighted by atomic mass is 9.71. The van der Waals surface area contributed by atoms with Gasteiger partial charge in [-0.3, -0.25) is 0 Å². The van der Waals surface area contributed by atoms with Gasteiger partial charge in [-0.2, -0.15) is 0 Å². The van der Waals surface area contributed by atoms with E-state index in [2.05, 4.69) is 55.4 Å². The molecule has 1 fully saturated rings. The van der Waals surface area contributed by atoms with Crippen LogP contribution in [0.2, 0.25) is 0 Å². The Morgan fingerprint density at radius 2 is 0.810 bits per heavy atom. The first-order valence-corrected chi connectivity index (χ1v) is 9.49. The number of rotatable bonds is 0. The predicted octanol–water partition coefficient (Wildman–Crippen LogP) is 7.33. The maximum absolute atomic E-state index is 2.50. The van der Waals surface area contributed by atoms with Crippen LogP contribution in [0, 0.1) is 34.5 Å². The Morgan fingerprint density at radius 3 is 1.14 bits per heavy atom. The summed E-state index contributed by atoms with van der Waals surface area (Å²) in [7, 11) is 0. The molecule has 1 rings (SSSR count). The summed E-state index contributed by atoms with van der Waals surface area (Å²) in [5.74, 6) is 3.55. The minimum atomic E-state index is 0.513. The van der Waals surface area contributed by atoms with Crippen molar-refractivity contribution >= 4 is 0 Å². The summed E-state index contributed by atoms with van der Waals surface area (Å²) < 4.78 is 0. The summed E-state index contributed by atoms with van der Waals surface area (Å²) >= 11 is 0. The minimum absolute atomic E-state index is 0.513. The average Bonchev–Trinajstić information content (AvgIpc) is 2.23. The van der Waals surface area contributed by atoms with Gasteiger partial charge in [-0.15, -0.1) is 0 Å². The Hall–Kier alpha value is 0. The number of hydrogen-bond acceptors (Lipinski definition) is 0. The molecule has 0 aromatic rings. The molecule has 0 spiro atoms. The van der Waals surface area contributed by atoms with Gasteiger partial charge in [-0.1, -0.05) is 55.4 Å². The van der Waals surface area contributed by atoms with Crippen molar-refractivity contribution in [3.05, 3.63) is 0 Å². The van der Waals surface area contributed by atoms with Crippen molar-refractivity contribution in [2.45, 2.75) is 100 Å². The van der Waals surface area contributed by atoms with Crippen LogP contribution in [0.15, 0.2) is 0 Å². The molecule has 0 nitrogen and oxygen atoms in total. The van der Waals surface area contributed by atoms with Gasteiger partial charge >= 0.3 is 0 Å². The highest BCUT2D eigenvalue weighted by molar-refractivity contribution is 4.80. The molecule has 0 radical (unpaired) electrons. The van der Waals surface area contributed by atoms with Crippen LogP contribution in [0.1, 0.15) is 100 Å². The Morgan fingerprint density at radius 1 is 0.524 bits per heavy atom. The SMILES string of the molecule is CC1CC(C)CC(C)CC(C)(C)CCC(C)(C)CC(C)C1. The van der Waals surface area contributed by atoms with E-state index in [1.807, 2.05) is 0 Å². The van der Waals surface area contributed by atoms with E-state index in [4.69, 9.17) is 0 Å². The molecule has 1 aliphatic rings. The first kappa shape index (κ1) is 19.0. The van der Waals surface area contributed by atoms with Crippen LogP contribution >= 0.6 is 0 Å². The molecule has 0 heterocycles. The molecule has 0 aliphatic heterocycles. The molecule has 0 amide bonds. The van der Waals surface area contributed by atoms with Crippen molar-refractivity contribution in [3.8, 4) is 0 Å². The van der Waals surface area contributed by atoms with Crippen molar-refractivity contribution < 1.29 is 0 Å². The van der Waals surface area contributed by atoms with Crippen LogP contribution < -0.4 is 0 Å². The van der Waals surface area contributed by atoms with Crippen LogP contribution in [0.3, 0.4) is 0 Å². The summed E-state index contributed by atoms with van der Waals surface area (Å²) in [6, 6.07) is 0. The fraction of sp³-hybridized carbons (Fsp3) is 1.00. The van der Waals surface area contributed by atoms with Gasteiger partial charge in [0.15, 0.2) is 0 Å².